The predicted molar refractivity (Wildman–Crippen MR) is 128 cm³/mol. The Balaban J connectivity index is 1.54. The van der Waals surface area contributed by atoms with Gasteiger partial charge in [-0.2, -0.15) is 10.2 Å². The average Bonchev–Trinajstić information content (AvgIpc) is 3.24. The molecule has 1 aliphatic heterocycles. The molecule has 0 amide bonds. The highest BCUT2D eigenvalue weighted by Gasteiger charge is 2.23. The van der Waals surface area contributed by atoms with Gasteiger partial charge in [0.1, 0.15) is 5.69 Å². The molecule has 0 aliphatic carbocycles. The van der Waals surface area contributed by atoms with Crippen molar-refractivity contribution in [1.29, 1.82) is 0 Å². The summed E-state index contributed by atoms with van der Waals surface area (Å²) in [6, 6.07) is 19.8. The summed E-state index contributed by atoms with van der Waals surface area (Å²) in [5.41, 5.74) is 4.62. The SMILES string of the molecule is CCCCN1CCC(n2nc(-c3c(-c4ccccc4)nn4ccccc34)ccc2=O)CC1. The first-order valence-electron chi connectivity index (χ1n) is 11.6. The van der Waals surface area contributed by atoms with Crippen molar-refractivity contribution in [2.45, 2.75) is 38.6 Å². The highest BCUT2D eigenvalue weighted by molar-refractivity contribution is 5.90. The van der Waals surface area contributed by atoms with Gasteiger partial charge in [-0.3, -0.25) is 4.79 Å². The zero-order valence-electron chi connectivity index (χ0n) is 18.5. The molecule has 0 N–H and O–H groups in total. The van der Waals surface area contributed by atoms with Crippen LogP contribution in [0.3, 0.4) is 0 Å². The van der Waals surface area contributed by atoms with E-state index in [0.29, 0.717) is 0 Å². The Morgan fingerprint density at radius 3 is 2.50 bits per heavy atom. The first-order chi connectivity index (χ1) is 15.7. The lowest BCUT2D eigenvalue weighted by Gasteiger charge is -2.32. The first kappa shape index (κ1) is 20.6. The molecule has 3 aromatic heterocycles. The van der Waals surface area contributed by atoms with Crippen LogP contribution in [0.1, 0.15) is 38.6 Å². The Labute approximate surface area is 188 Å². The summed E-state index contributed by atoms with van der Waals surface area (Å²) < 4.78 is 3.61. The van der Waals surface area contributed by atoms with Crippen LogP contribution >= 0.6 is 0 Å². The topological polar surface area (TPSA) is 55.4 Å². The van der Waals surface area contributed by atoms with E-state index in [9.17, 15) is 4.79 Å². The van der Waals surface area contributed by atoms with Crippen molar-refractivity contribution in [2.24, 2.45) is 0 Å². The second-order valence-corrected chi connectivity index (χ2v) is 8.55. The van der Waals surface area contributed by atoms with Crippen LogP contribution in [0.25, 0.3) is 28.0 Å². The summed E-state index contributed by atoms with van der Waals surface area (Å²) in [6.07, 6.45) is 6.32. The number of rotatable bonds is 6. The van der Waals surface area contributed by atoms with Crippen molar-refractivity contribution in [3.05, 3.63) is 77.2 Å². The van der Waals surface area contributed by atoms with Crippen LogP contribution in [-0.2, 0) is 0 Å². The normalized spacial score (nSPS) is 15.4. The molecule has 1 aromatic carbocycles. The quantitative estimate of drug-likeness (QED) is 0.449. The summed E-state index contributed by atoms with van der Waals surface area (Å²) >= 11 is 0. The monoisotopic (exact) mass is 427 g/mol. The second-order valence-electron chi connectivity index (χ2n) is 8.55. The molecule has 4 heterocycles. The van der Waals surface area contributed by atoms with Gasteiger partial charge in [0.25, 0.3) is 5.56 Å². The van der Waals surface area contributed by atoms with Crippen LogP contribution in [0.15, 0.2) is 71.7 Å². The van der Waals surface area contributed by atoms with Crippen LogP contribution in [0, 0.1) is 0 Å². The van der Waals surface area contributed by atoms with Gasteiger partial charge in [0, 0.05) is 30.9 Å². The number of unbranched alkanes of at least 4 members (excludes halogenated alkanes) is 1. The third-order valence-electron chi connectivity index (χ3n) is 6.40. The lowest BCUT2D eigenvalue weighted by Crippen LogP contribution is -2.38. The highest BCUT2D eigenvalue weighted by atomic mass is 16.1. The summed E-state index contributed by atoms with van der Waals surface area (Å²) in [5, 5.41) is 9.74. The second kappa shape index (κ2) is 9.09. The fraction of sp³-hybridized carbons (Fsp3) is 0.346. The Hall–Kier alpha value is -3.25. The van der Waals surface area contributed by atoms with Gasteiger partial charge in [0.05, 0.1) is 22.8 Å². The molecule has 1 saturated heterocycles. The van der Waals surface area contributed by atoms with Gasteiger partial charge >= 0.3 is 0 Å². The lowest BCUT2D eigenvalue weighted by molar-refractivity contribution is 0.175. The molecule has 164 valence electrons. The van der Waals surface area contributed by atoms with Gasteiger partial charge < -0.3 is 4.90 Å². The van der Waals surface area contributed by atoms with Gasteiger partial charge in [-0.15, -0.1) is 0 Å². The van der Waals surface area contributed by atoms with Crippen molar-refractivity contribution in [3.8, 4) is 22.5 Å². The molecule has 0 unspecified atom stereocenters. The van der Waals surface area contributed by atoms with E-state index in [2.05, 4.69) is 30.0 Å². The van der Waals surface area contributed by atoms with Crippen molar-refractivity contribution < 1.29 is 0 Å². The standard InChI is InChI=1S/C26H29N5O/c1-2-3-16-29-18-14-21(15-19-29)31-24(32)13-12-22(27-31)25-23-11-7-8-17-30(23)28-26(25)20-9-5-4-6-10-20/h4-13,17,21H,2-3,14-16,18-19H2,1H3. The Bertz CT molecular complexity index is 1250. The van der Waals surface area contributed by atoms with Crippen LogP contribution < -0.4 is 5.56 Å². The van der Waals surface area contributed by atoms with E-state index in [1.54, 1.807) is 10.7 Å². The largest absolute Gasteiger partial charge is 0.303 e. The summed E-state index contributed by atoms with van der Waals surface area (Å²) in [6.45, 7) is 5.42. The number of hydrogen-bond donors (Lipinski definition) is 0. The van der Waals surface area contributed by atoms with Gasteiger partial charge in [-0.1, -0.05) is 49.7 Å². The lowest BCUT2D eigenvalue weighted by atomic mass is 10.0. The van der Waals surface area contributed by atoms with Crippen LogP contribution in [0.2, 0.25) is 0 Å². The zero-order valence-corrected chi connectivity index (χ0v) is 18.5. The number of likely N-dealkylation sites (tertiary alicyclic amines) is 1. The minimum Gasteiger partial charge on any atom is -0.303 e. The van der Waals surface area contributed by atoms with E-state index < -0.39 is 0 Å². The van der Waals surface area contributed by atoms with Gasteiger partial charge in [-0.05, 0) is 44.0 Å². The van der Waals surface area contributed by atoms with Gasteiger partial charge in [0.2, 0.25) is 0 Å². The number of nitrogens with zero attached hydrogens (tertiary/aromatic N) is 5. The molecule has 5 rings (SSSR count). The number of aromatic nitrogens is 4. The molecular weight excluding hydrogens is 398 g/mol. The van der Waals surface area contributed by atoms with Crippen LogP contribution in [0.5, 0.6) is 0 Å². The summed E-state index contributed by atoms with van der Waals surface area (Å²) in [5.74, 6) is 0. The molecule has 6 nitrogen and oxygen atoms in total. The maximum atomic E-state index is 12.8. The van der Waals surface area contributed by atoms with Crippen molar-refractivity contribution in [3.63, 3.8) is 0 Å². The summed E-state index contributed by atoms with van der Waals surface area (Å²) in [7, 11) is 0. The van der Waals surface area contributed by atoms with Crippen molar-refractivity contribution in [1.82, 2.24) is 24.3 Å². The van der Waals surface area contributed by atoms with Gasteiger partial charge in [0.15, 0.2) is 0 Å². The number of pyridine rings is 1. The minimum absolute atomic E-state index is 0.0292. The van der Waals surface area contributed by atoms with Crippen molar-refractivity contribution >= 4 is 5.52 Å². The van der Waals surface area contributed by atoms with E-state index >= 15 is 0 Å². The maximum Gasteiger partial charge on any atom is 0.267 e. The molecule has 6 heteroatoms. The highest BCUT2D eigenvalue weighted by Crippen LogP contribution is 2.34. The van der Waals surface area contributed by atoms with E-state index in [1.165, 1.54) is 12.8 Å². The molecule has 32 heavy (non-hydrogen) atoms. The fourth-order valence-electron chi connectivity index (χ4n) is 4.64. The van der Waals surface area contributed by atoms with E-state index in [0.717, 1.165) is 60.5 Å². The van der Waals surface area contributed by atoms with E-state index in [1.807, 2.05) is 47.1 Å². The molecule has 0 bridgehead atoms. The Morgan fingerprint density at radius 2 is 1.72 bits per heavy atom. The van der Waals surface area contributed by atoms with Crippen LogP contribution in [0.4, 0.5) is 0 Å². The minimum atomic E-state index is -0.0292. The Kier molecular flexibility index (Phi) is 5.86. The number of benzene rings is 1. The molecule has 4 aromatic rings. The Morgan fingerprint density at radius 1 is 0.938 bits per heavy atom. The summed E-state index contributed by atoms with van der Waals surface area (Å²) in [4.78, 5) is 15.3. The van der Waals surface area contributed by atoms with Crippen molar-refractivity contribution in [2.75, 3.05) is 19.6 Å². The van der Waals surface area contributed by atoms with Gasteiger partial charge in [-0.25, -0.2) is 9.20 Å². The molecule has 0 saturated carbocycles. The average molecular weight is 428 g/mol. The first-order valence-corrected chi connectivity index (χ1v) is 11.6. The fourth-order valence-corrected chi connectivity index (χ4v) is 4.64. The molecule has 0 atom stereocenters. The molecule has 1 aliphatic rings. The number of piperidine rings is 1. The third kappa shape index (κ3) is 3.98. The predicted octanol–water partition coefficient (Wildman–Crippen LogP) is 4.66. The molecule has 0 spiro atoms. The molecule has 1 fully saturated rings. The maximum absolute atomic E-state index is 12.8. The van der Waals surface area contributed by atoms with E-state index in [4.69, 9.17) is 10.2 Å². The third-order valence-corrected chi connectivity index (χ3v) is 6.40. The van der Waals surface area contributed by atoms with E-state index in [-0.39, 0.29) is 11.6 Å². The zero-order chi connectivity index (χ0) is 21.9. The molecule has 0 radical (unpaired) electrons. The smallest absolute Gasteiger partial charge is 0.267 e. The number of hydrogen-bond acceptors (Lipinski definition) is 4. The molecular formula is C26H29N5O. The number of fused-ring (bicyclic) bond motifs is 1. The van der Waals surface area contributed by atoms with Crippen LogP contribution in [-0.4, -0.2) is 43.9 Å².